The summed E-state index contributed by atoms with van der Waals surface area (Å²) in [6, 6.07) is 9.47. The first-order valence-electron chi connectivity index (χ1n) is 9.70. The van der Waals surface area contributed by atoms with Crippen LogP contribution in [0.3, 0.4) is 0 Å². The zero-order valence-electron chi connectivity index (χ0n) is 18.1. The van der Waals surface area contributed by atoms with Gasteiger partial charge in [-0.1, -0.05) is 23.9 Å². The number of anilines is 1. The maximum absolute atomic E-state index is 13.4. The molecule has 13 heteroatoms. The fraction of sp³-hybridized carbons (Fsp3) is 0.227. The van der Waals surface area contributed by atoms with E-state index in [1.165, 1.54) is 44.6 Å². The molecule has 0 spiro atoms. The molecule has 0 atom stereocenters. The normalized spacial score (nSPS) is 11.8. The molecule has 0 aliphatic heterocycles. The molecule has 3 rings (SSSR count). The van der Waals surface area contributed by atoms with Crippen LogP contribution in [0.4, 0.5) is 32.0 Å². The average Bonchev–Trinajstić information content (AvgIpc) is 2.81. The van der Waals surface area contributed by atoms with Gasteiger partial charge in [0, 0.05) is 5.56 Å². The quantitative estimate of drug-likeness (QED) is 0.238. The Labute approximate surface area is 199 Å². The van der Waals surface area contributed by atoms with Gasteiger partial charge in [0.05, 0.1) is 36.9 Å². The number of thioether (sulfide) groups is 1. The van der Waals surface area contributed by atoms with E-state index in [9.17, 15) is 31.1 Å². The Bertz CT molecular complexity index is 1220. The van der Waals surface area contributed by atoms with Crippen LogP contribution >= 0.6 is 11.8 Å². The number of alkyl halides is 6. The van der Waals surface area contributed by atoms with Crippen molar-refractivity contribution in [3.05, 3.63) is 59.8 Å². The molecule has 0 bridgehead atoms. The van der Waals surface area contributed by atoms with Gasteiger partial charge in [-0.15, -0.1) is 0 Å². The zero-order valence-corrected chi connectivity index (χ0v) is 18.9. The molecule has 0 unspecified atom stereocenters. The molecule has 1 aromatic heterocycles. The van der Waals surface area contributed by atoms with Gasteiger partial charge in [0.2, 0.25) is 5.91 Å². The highest BCUT2D eigenvalue weighted by Crippen LogP contribution is 2.36. The van der Waals surface area contributed by atoms with E-state index in [-0.39, 0.29) is 22.2 Å². The Morgan fingerprint density at radius 1 is 0.914 bits per heavy atom. The van der Waals surface area contributed by atoms with Crippen LogP contribution in [0.5, 0.6) is 11.5 Å². The second-order valence-corrected chi connectivity index (χ2v) is 7.81. The van der Waals surface area contributed by atoms with Crippen LogP contribution in [-0.4, -0.2) is 35.8 Å². The van der Waals surface area contributed by atoms with Gasteiger partial charge in [-0.25, -0.2) is 9.97 Å². The summed E-state index contributed by atoms with van der Waals surface area (Å²) in [6.07, 6.45) is -9.51. The molecule has 0 fully saturated rings. The Hall–Kier alpha value is -3.48. The number of ether oxygens (including phenoxy) is 2. The molecule has 0 radical (unpaired) electrons. The number of hydrogen-bond donors (Lipinski definition) is 1. The summed E-state index contributed by atoms with van der Waals surface area (Å²) in [6.45, 7) is 0. The van der Waals surface area contributed by atoms with E-state index in [0.717, 1.165) is 18.2 Å². The summed E-state index contributed by atoms with van der Waals surface area (Å²) in [5.74, 6) is -0.792. The van der Waals surface area contributed by atoms with Crippen molar-refractivity contribution < 1.29 is 40.6 Å². The number of nitrogens with zero attached hydrogens (tertiary/aromatic N) is 2. The summed E-state index contributed by atoms with van der Waals surface area (Å²) >= 11 is 0.546. The Morgan fingerprint density at radius 2 is 1.60 bits per heavy atom. The molecule has 1 amide bonds. The molecule has 186 valence electrons. The van der Waals surface area contributed by atoms with Crippen LogP contribution in [0, 0.1) is 0 Å². The minimum atomic E-state index is -4.81. The minimum absolute atomic E-state index is 0.0985. The summed E-state index contributed by atoms with van der Waals surface area (Å²) in [5.41, 5.74) is -2.60. The summed E-state index contributed by atoms with van der Waals surface area (Å²) in [7, 11) is 2.76. The van der Waals surface area contributed by atoms with E-state index in [4.69, 9.17) is 9.47 Å². The topological polar surface area (TPSA) is 73.3 Å². The van der Waals surface area contributed by atoms with Gasteiger partial charge in [0.15, 0.2) is 16.7 Å². The van der Waals surface area contributed by atoms with Crippen molar-refractivity contribution >= 4 is 23.4 Å². The molecule has 1 heterocycles. The van der Waals surface area contributed by atoms with E-state index < -0.39 is 41.0 Å². The number of methoxy groups -OCH3 is 2. The Kier molecular flexibility index (Phi) is 7.78. The maximum atomic E-state index is 13.4. The maximum Gasteiger partial charge on any atom is 0.433 e. The Morgan fingerprint density at radius 3 is 2.23 bits per heavy atom. The molecular weight excluding hydrogens is 500 g/mol. The van der Waals surface area contributed by atoms with Crippen molar-refractivity contribution in [1.29, 1.82) is 0 Å². The zero-order chi connectivity index (χ0) is 25.8. The predicted molar refractivity (Wildman–Crippen MR) is 116 cm³/mol. The third-order valence-corrected chi connectivity index (χ3v) is 5.36. The lowest BCUT2D eigenvalue weighted by Crippen LogP contribution is -2.18. The van der Waals surface area contributed by atoms with Crippen molar-refractivity contribution in [3.8, 4) is 22.8 Å². The lowest BCUT2D eigenvalue weighted by atomic mass is 10.1. The van der Waals surface area contributed by atoms with Gasteiger partial charge >= 0.3 is 12.4 Å². The number of carbonyl (C=O) groups is 1. The molecule has 35 heavy (non-hydrogen) atoms. The number of amides is 1. The first-order valence-corrected chi connectivity index (χ1v) is 10.7. The predicted octanol–water partition coefficient (Wildman–Crippen LogP) is 5.93. The molecule has 0 aliphatic carbocycles. The smallest absolute Gasteiger partial charge is 0.433 e. The SMILES string of the molecule is COc1ccc(-c2cc(C(F)(F)F)nc(SCC(=O)Nc3ccccc3C(F)(F)F)n2)cc1OC. The van der Waals surface area contributed by atoms with Gasteiger partial charge in [-0.3, -0.25) is 4.79 Å². The highest BCUT2D eigenvalue weighted by molar-refractivity contribution is 7.99. The van der Waals surface area contributed by atoms with Gasteiger partial charge in [-0.05, 0) is 36.4 Å². The second kappa shape index (κ2) is 10.4. The largest absolute Gasteiger partial charge is 0.493 e. The van der Waals surface area contributed by atoms with Gasteiger partial charge in [0.25, 0.3) is 0 Å². The number of hydrogen-bond acceptors (Lipinski definition) is 6. The first kappa shape index (κ1) is 26.1. The first-order chi connectivity index (χ1) is 16.4. The van der Waals surface area contributed by atoms with E-state index in [0.29, 0.717) is 17.5 Å². The van der Waals surface area contributed by atoms with Crippen LogP contribution in [0.25, 0.3) is 11.3 Å². The molecule has 2 aromatic carbocycles. The van der Waals surface area contributed by atoms with E-state index in [1.54, 1.807) is 0 Å². The number of benzene rings is 2. The van der Waals surface area contributed by atoms with E-state index >= 15 is 0 Å². The number of halogens is 6. The van der Waals surface area contributed by atoms with Gasteiger partial charge in [0.1, 0.15) is 5.69 Å². The number of para-hydroxylation sites is 1. The van der Waals surface area contributed by atoms with Crippen LogP contribution in [0.15, 0.2) is 53.7 Å². The van der Waals surface area contributed by atoms with E-state index in [2.05, 4.69) is 15.3 Å². The van der Waals surface area contributed by atoms with Gasteiger partial charge in [-0.2, -0.15) is 26.3 Å². The Balaban J connectivity index is 1.86. The summed E-state index contributed by atoms with van der Waals surface area (Å²) < 4.78 is 89.9. The summed E-state index contributed by atoms with van der Waals surface area (Å²) in [5, 5.41) is 1.73. The van der Waals surface area contributed by atoms with Gasteiger partial charge < -0.3 is 14.8 Å². The molecule has 0 saturated carbocycles. The minimum Gasteiger partial charge on any atom is -0.493 e. The lowest BCUT2D eigenvalue weighted by Gasteiger charge is -2.14. The van der Waals surface area contributed by atoms with Crippen molar-refractivity contribution in [2.75, 3.05) is 25.3 Å². The number of carbonyl (C=O) groups excluding carboxylic acids is 1. The number of rotatable bonds is 7. The molecule has 6 nitrogen and oxygen atoms in total. The third kappa shape index (κ3) is 6.56. The van der Waals surface area contributed by atoms with E-state index in [1.807, 2.05) is 0 Å². The third-order valence-electron chi connectivity index (χ3n) is 4.51. The highest BCUT2D eigenvalue weighted by atomic mass is 32.2. The van der Waals surface area contributed by atoms with Crippen molar-refractivity contribution in [2.45, 2.75) is 17.5 Å². The standard InChI is InChI=1S/C22H17F6N3O3S/c1-33-16-8-7-12(9-17(16)34-2)15-10-18(22(26,27)28)31-20(30-15)35-11-19(32)29-14-6-4-3-5-13(14)21(23,24)25/h3-10H,11H2,1-2H3,(H,29,32). The van der Waals surface area contributed by atoms with Crippen LogP contribution in [-0.2, 0) is 17.1 Å². The molecular formula is C22H17F6N3O3S. The van der Waals surface area contributed by atoms with Crippen molar-refractivity contribution in [2.24, 2.45) is 0 Å². The average molecular weight is 517 g/mol. The number of nitrogens with one attached hydrogen (secondary N) is 1. The molecule has 1 N–H and O–H groups in total. The van der Waals surface area contributed by atoms with Crippen molar-refractivity contribution in [3.63, 3.8) is 0 Å². The second-order valence-electron chi connectivity index (χ2n) is 6.87. The fourth-order valence-corrected chi connectivity index (χ4v) is 3.59. The molecule has 0 saturated heterocycles. The lowest BCUT2D eigenvalue weighted by molar-refractivity contribution is -0.141. The summed E-state index contributed by atoms with van der Waals surface area (Å²) in [4.78, 5) is 19.8. The van der Waals surface area contributed by atoms with Crippen LogP contribution in [0.1, 0.15) is 11.3 Å². The monoisotopic (exact) mass is 517 g/mol. The fourth-order valence-electron chi connectivity index (χ4n) is 2.93. The van der Waals surface area contributed by atoms with Crippen LogP contribution < -0.4 is 14.8 Å². The molecule has 0 aliphatic rings. The highest BCUT2D eigenvalue weighted by Gasteiger charge is 2.35. The molecule has 3 aromatic rings. The number of aromatic nitrogens is 2. The van der Waals surface area contributed by atoms with Crippen molar-refractivity contribution in [1.82, 2.24) is 9.97 Å². The van der Waals surface area contributed by atoms with Crippen LogP contribution in [0.2, 0.25) is 0 Å².